The highest BCUT2D eigenvalue weighted by molar-refractivity contribution is 6.45. The van der Waals surface area contributed by atoms with Crippen molar-refractivity contribution >= 4 is 28.6 Å². The third-order valence-electron chi connectivity index (χ3n) is 3.83. The number of ether oxygens (including phenoxy) is 2. The van der Waals surface area contributed by atoms with Gasteiger partial charge in [-0.2, -0.15) is 0 Å². The maximum absolute atomic E-state index is 13.1. The van der Waals surface area contributed by atoms with Crippen LogP contribution >= 0.6 is 0 Å². The molecule has 0 bridgehead atoms. The number of aromatic nitrogens is 1. The average molecular weight is 407 g/mol. The van der Waals surface area contributed by atoms with E-state index in [9.17, 15) is 14.4 Å². The zero-order valence-corrected chi connectivity index (χ0v) is 15.0. The number of amides is 1. The number of hydrogen-bond acceptors (Lipinski definition) is 5. The number of esters is 1. The number of carbonyl (C=O) groups excluding carboxylic acids is 3. The predicted molar refractivity (Wildman–Crippen MR) is 108 cm³/mol. The van der Waals surface area contributed by atoms with E-state index in [0.717, 1.165) is 13.0 Å². The second-order valence-corrected chi connectivity index (χ2v) is 5.53. The van der Waals surface area contributed by atoms with Crippen LogP contribution in [0.4, 0.5) is 0 Å². The zero-order valence-electron chi connectivity index (χ0n) is 27.0. The van der Waals surface area contributed by atoms with Crippen molar-refractivity contribution in [3.63, 3.8) is 0 Å². The first kappa shape index (κ1) is 9.73. The molecule has 2 N–H and O–H groups in total. The standard InChI is InChI=1S/C22H22N2O5/c1-3-15-20(21(26)22(23)27)19-16(24(15)12-14-8-5-4-6-9-14)10-7-11-17(19)29-13-18(25)28-2/h4-11H,3,12-13H2,1-2H3,(H2,23,27)/i2D3,3D2,4D,5D,6D,8D,9D,12D2. The molecule has 3 aromatic rings. The third kappa shape index (κ3) is 3.99. The molecule has 0 atom stereocenters. The number of methoxy groups -OCH3 is 1. The summed E-state index contributed by atoms with van der Waals surface area (Å²) in [5, 5.41) is -0.421. The van der Waals surface area contributed by atoms with E-state index in [1.165, 1.54) is 12.1 Å². The van der Waals surface area contributed by atoms with Gasteiger partial charge in [0.25, 0.3) is 11.7 Å². The first-order valence-electron chi connectivity index (χ1n) is 14.1. The fourth-order valence-corrected chi connectivity index (χ4v) is 2.71. The SMILES string of the molecule is [2H]c1c([2H])c([2H])c(C([2H])([2H])n2c(C([2H])([2H])C)c(C(=O)C(N)=O)c3c(OCC(=O)OC([2H])([2H])[2H])cccc32)c([2H])c1[2H]. The molecule has 0 saturated heterocycles. The van der Waals surface area contributed by atoms with Gasteiger partial charge in [-0.15, -0.1) is 0 Å². The minimum Gasteiger partial charge on any atom is -0.481 e. The van der Waals surface area contributed by atoms with Gasteiger partial charge in [0, 0.05) is 14.9 Å². The van der Waals surface area contributed by atoms with Gasteiger partial charge in [-0.1, -0.05) is 43.2 Å². The van der Waals surface area contributed by atoms with E-state index in [0.29, 0.717) is 4.57 Å². The molecule has 0 spiro atoms. The van der Waals surface area contributed by atoms with E-state index >= 15 is 0 Å². The van der Waals surface area contributed by atoms with E-state index in [4.69, 9.17) is 26.9 Å². The van der Waals surface area contributed by atoms with Crippen LogP contribution in [0, 0.1) is 0 Å². The molecule has 1 heterocycles. The summed E-state index contributed by atoms with van der Waals surface area (Å²) in [6.07, 6.45) is -2.64. The van der Waals surface area contributed by atoms with Crippen LogP contribution in [0.1, 0.15) is 45.0 Å². The maximum atomic E-state index is 13.1. The molecule has 1 amide bonds. The van der Waals surface area contributed by atoms with Crippen LogP contribution in [-0.4, -0.2) is 35.9 Å². The van der Waals surface area contributed by atoms with Crippen molar-refractivity contribution in [2.24, 2.45) is 5.73 Å². The Morgan fingerprint density at radius 2 is 2.00 bits per heavy atom. The van der Waals surface area contributed by atoms with Crippen molar-refractivity contribution in [1.29, 1.82) is 0 Å². The lowest BCUT2D eigenvalue weighted by atomic mass is 10.0. The van der Waals surface area contributed by atoms with E-state index in [2.05, 4.69) is 4.74 Å². The Labute approximate surface area is 184 Å². The second kappa shape index (κ2) is 8.60. The van der Waals surface area contributed by atoms with Crippen LogP contribution in [0.3, 0.4) is 0 Å². The minimum absolute atomic E-state index is 0.353. The van der Waals surface area contributed by atoms with E-state index in [1.807, 2.05) is 0 Å². The summed E-state index contributed by atoms with van der Waals surface area (Å²) < 4.78 is 106. The number of ketones is 1. The van der Waals surface area contributed by atoms with Gasteiger partial charge in [-0.25, -0.2) is 4.79 Å². The molecule has 0 unspecified atom stereocenters. The Kier molecular flexibility index (Phi) is 2.89. The number of nitrogens with two attached hydrogens (primary N) is 1. The molecule has 7 heteroatoms. The van der Waals surface area contributed by atoms with E-state index < -0.39 is 102 Å². The summed E-state index contributed by atoms with van der Waals surface area (Å²) >= 11 is 0. The van der Waals surface area contributed by atoms with Crippen LogP contribution in [-0.2, 0) is 27.2 Å². The van der Waals surface area contributed by atoms with Gasteiger partial charge in [0.05, 0.1) is 37.2 Å². The Morgan fingerprint density at radius 3 is 2.66 bits per heavy atom. The summed E-state index contributed by atoms with van der Waals surface area (Å²) in [5.74, 6) is -4.83. The monoisotopic (exact) mass is 406 g/mol. The number of hydrogen-bond donors (Lipinski definition) is 1. The van der Waals surface area contributed by atoms with Crippen molar-refractivity contribution in [3.8, 4) is 5.75 Å². The van der Waals surface area contributed by atoms with Crippen LogP contribution in [0.25, 0.3) is 10.9 Å². The molecule has 0 fully saturated rings. The second-order valence-electron chi connectivity index (χ2n) is 5.53. The van der Waals surface area contributed by atoms with Crippen LogP contribution < -0.4 is 10.5 Å². The largest absolute Gasteiger partial charge is 0.481 e. The maximum Gasteiger partial charge on any atom is 0.343 e. The summed E-state index contributed by atoms with van der Waals surface area (Å²) in [6, 6.07) is -0.923. The molecular weight excluding hydrogens is 372 g/mol. The number of carbonyl (C=O) groups is 3. The Hall–Kier alpha value is -3.61. The molecule has 0 radical (unpaired) electrons. The number of nitrogens with zero attached hydrogens (tertiary/aromatic N) is 1. The average Bonchev–Trinajstić information content (AvgIpc) is 3.20. The number of Topliss-reactive ketones (excluding diaryl/α,β-unsaturated/α-hetero) is 1. The van der Waals surface area contributed by atoms with Crippen molar-refractivity contribution in [2.75, 3.05) is 13.6 Å². The first-order chi connectivity index (χ1) is 18.6. The first-order valence-corrected chi connectivity index (χ1v) is 8.07. The van der Waals surface area contributed by atoms with Gasteiger partial charge in [-0.05, 0) is 24.1 Å². The fourth-order valence-electron chi connectivity index (χ4n) is 2.71. The lowest BCUT2D eigenvalue weighted by Crippen LogP contribution is -2.24. The van der Waals surface area contributed by atoms with Crippen molar-refractivity contribution in [1.82, 2.24) is 4.57 Å². The van der Waals surface area contributed by atoms with E-state index in [1.54, 1.807) is 0 Å². The molecule has 0 saturated carbocycles. The van der Waals surface area contributed by atoms with Gasteiger partial charge < -0.3 is 19.8 Å². The van der Waals surface area contributed by atoms with Crippen molar-refractivity contribution in [2.45, 2.75) is 19.8 Å². The highest BCUT2D eigenvalue weighted by Crippen LogP contribution is 2.35. The molecular formula is C22H22N2O5. The summed E-state index contributed by atoms with van der Waals surface area (Å²) in [5.41, 5.74) is 2.39. The molecule has 1 aromatic heterocycles. The molecule has 150 valence electrons. The minimum atomic E-state index is -3.17. The Balaban J connectivity index is 2.48. The third-order valence-corrected chi connectivity index (χ3v) is 3.83. The van der Waals surface area contributed by atoms with Crippen LogP contribution in [0.2, 0.25) is 0 Å². The van der Waals surface area contributed by atoms with Crippen molar-refractivity contribution in [3.05, 3.63) is 65.2 Å². The zero-order chi connectivity index (χ0) is 31.4. The predicted octanol–water partition coefficient (Wildman–Crippen LogP) is 2.47. The molecule has 0 aliphatic heterocycles. The van der Waals surface area contributed by atoms with Gasteiger partial charge in [0.1, 0.15) is 5.75 Å². The molecule has 2 aromatic carbocycles. The normalized spacial score (nSPS) is 18.1. The van der Waals surface area contributed by atoms with Gasteiger partial charge in [0.2, 0.25) is 0 Å². The molecule has 7 nitrogen and oxygen atoms in total. The molecule has 3 rings (SSSR count). The Morgan fingerprint density at radius 1 is 1.24 bits per heavy atom. The lowest BCUT2D eigenvalue weighted by Gasteiger charge is -2.11. The lowest BCUT2D eigenvalue weighted by molar-refractivity contribution is -0.142. The van der Waals surface area contributed by atoms with Crippen LogP contribution in [0.15, 0.2) is 48.4 Å². The van der Waals surface area contributed by atoms with Crippen LogP contribution in [0.5, 0.6) is 5.75 Å². The fraction of sp³-hybridized carbons (Fsp3) is 0.227. The summed E-state index contributed by atoms with van der Waals surface area (Å²) in [4.78, 5) is 37.1. The smallest absolute Gasteiger partial charge is 0.343 e. The number of primary amides is 1. The topological polar surface area (TPSA) is 101 Å². The quantitative estimate of drug-likeness (QED) is 0.352. The molecule has 29 heavy (non-hydrogen) atoms. The highest BCUT2D eigenvalue weighted by Gasteiger charge is 2.27. The Bertz CT molecular complexity index is 1560. The highest BCUT2D eigenvalue weighted by atomic mass is 16.6. The number of benzene rings is 2. The van der Waals surface area contributed by atoms with Gasteiger partial charge in [-0.3, -0.25) is 9.59 Å². The van der Waals surface area contributed by atoms with Gasteiger partial charge in [0.15, 0.2) is 6.61 Å². The molecule has 0 aliphatic rings. The number of fused-ring (bicyclic) bond motifs is 1. The van der Waals surface area contributed by atoms with Gasteiger partial charge >= 0.3 is 5.97 Å². The molecule has 0 aliphatic carbocycles. The summed E-state index contributed by atoms with van der Waals surface area (Å²) in [6.45, 7) is -3.28. The number of rotatable bonds is 8. The van der Waals surface area contributed by atoms with Crippen molar-refractivity contribution < 1.29 is 40.3 Å². The summed E-state index contributed by atoms with van der Waals surface area (Å²) in [7, 11) is -3.10. The van der Waals surface area contributed by atoms with E-state index in [-0.39, 0.29) is 5.52 Å².